The van der Waals surface area contributed by atoms with Crippen LogP contribution in [0.15, 0.2) is 6.07 Å². The molecule has 3 N–H and O–H groups in total. The summed E-state index contributed by atoms with van der Waals surface area (Å²) in [5, 5.41) is 8.64. The lowest BCUT2D eigenvalue weighted by Crippen LogP contribution is -2.35. The Bertz CT molecular complexity index is 739. The van der Waals surface area contributed by atoms with Gasteiger partial charge in [-0.3, -0.25) is 9.48 Å². The highest BCUT2D eigenvalue weighted by atomic mass is 35.5. The molecule has 2 aromatic heterocycles. The van der Waals surface area contributed by atoms with Crippen LogP contribution in [-0.2, 0) is 37.3 Å². The lowest BCUT2D eigenvalue weighted by molar-refractivity contribution is -0.132. The highest BCUT2D eigenvalue weighted by molar-refractivity contribution is 7.15. The first-order valence-corrected chi connectivity index (χ1v) is 9.29. The third-order valence-corrected chi connectivity index (χ3v) is 5.55. The Morgan fingerprint density at radius 3 is 3.04 bits per heavy atom. The molecule has 4 heterocycles. The zero-order chi connectivity index (χ0) is 16.5. The molecule has 0 atom stereocenters. The number of hydrogen-bond acceptors (Lipinski definition) is 6. The molecule has 144 valence electrons. The van der Waals surface area contributed by atoms with E-state index in [0.717, 1.165) is 55.3 Å². The number of carbonyl (C=O) groups is 1. The van der Waals surface area contributed by atoms with Crippen LogP contribution >= 0.6 is 36.2 Å². The number of amides is 1. The molecule has 0 bridgehead atoms. The van der Waals surface area contributed by atoms with Crippen LogP contribution in [0.3, 0.4) is 0 Å². The van der Waals surface area contributed by atoms with E-state index in [1.54, 1.807) is 0 Å². The molecule has 2 aliphatic heterocycles. The Balaban J connectivity index is 0.00000121. The van der Waals surface area contributed by atoms with Crippen LogP contribution in [0.25, 0.3) is 0 Å². The van der Waals surface area contributed by atoms with E-state index < -0.39 is 0 Å². The summed E-state index contributed by atoms with van der Waals surface area (Å²) in [5.41, 5.74) is 9.06. The molecule has 0 radical (unpaired) electrons. The van der Waals surface area contributed by atoms with Gasteiger partial charge in [0, 0.05) is 43.8 Å². The monoisotopic (exact) mass is 418 g/mol. The van der Waals surface area contributed by atoms with Crippen LogP contribution < -0.4 is 11.1 Å². The van der Waals surface area contributed by atoms with Gasteiger partial charge in [-0.05, 0) is 19.0 Å². The first-order chi connectivity index (χ1) is 11.7. The van der Waals surface area contributed by atoms with Gasteiger partial charge in [0.25, 0.3) is 0 Å². The summed E-state index contributed by atoms with van der Waals surface area (Å²) in [6, 6.07) is 2.13. The second-order valence-electron chi connectivity index (χ2n) is 6.37. The molecule has 26 heavy (non-hydrogen) atoms. The normalized spacial score (nSPS) is 15.9. The van der Waals surface area contributed by atoms with Crippen molar-refractivity contribution in [3.8, 4) is 0 Å². The van der Waals surface area contributed by atoms with Gasteiger partial charge in [-0.2, -0.15) is 5.10 Å². The number of nitrogens with zero attached hydrogens (tertiary/aromatic N) is 4. The van der Waals surface area contributed by atoms with Crippen LogP contribution in [0, 0.1) is 0 Å². The molecule has 2 aromatic rings. The molecule has 0 aliphatic carbocycles. The molecule has 0 spiro atoms. The minimum Gasteiger partial charge on any atom is -0.375 e. The molecule has 0 saturated heterocycles. The smallest absolute Gasteiger partial charge is 0.223 e. The predicted octanol–water partition coefficient (Wildman–Crippen LogP) is 1.78. The fraction of sp³-hybridized carbons (Fsp3) is 0.562. The van der Waals surface area contributed by atoms with Crippen LogP contribution in [0.5, 0.6) is 0 Å². The topological polar surface area (TPSA) is 89.1 Å². The number of hydrogen-bond donors (Lipinski definition) is 2. The Kier molecular flexibility index (Phi) is 7.28. The average Bonchev–Trinajstić information content (AvgIpc) is 3.07. The molecule has 7 nitrogen and oxygen atoms in total. The van der Waals surface area contributed by atoms with E-state index in [2.05, 4.69) is 26.1 Å². The van der Waals surface area contributed by atoms with Crippen LogP contribution in [0.1, 0.15) is 34.8 Å². The molecular weight excluding hydrogens is 395 g/mol. The summed E-state index contributed by atoms with van der Waals surface area (Å²) in [6.45, 7) is 4.24. The first-order valence-electron chi connectivity index (χ1n) is 8.47. The summed E-state index contributed by atoms with van der Waals surface area (Å²) in [6.07, 6.45) is 3.11. The maximum Gasteiger partial charge on any atom is 0.223 e. The van der Waals surface area contributed by atoms with Crippen molar-refractivity contribution in [3.63, 3.8) is 0 Å². The van der Waals surface area contributed by atoms with Gasteiger partial charge in [-0.1, -0.05) is 0 Å². The number of aryl methyl sites for hydroxylation is 2. The number of fused-ring (bicyclic) bond motifs is 2. The molecule has 0 saturated carbocycles. The number of anilines is 1. The number of rotatable bonds is 3. The number of nitrogens with two attached hydrogens (primary N) is 1. The van der Waals surface area contributed by atoms with Gasteiger partial charge in [0.05, 0.1) is 23.6 Å². The van der Waals surface area contributed by atoms with Gasteiger partial charge in [0.2, 0.25) is 5.91 Å². The van der Waals surface area contributed by atoms with E-state index >= 15 is 0 Å². The maximum absolute atomic E-state index is 12.5. The van der Waals surface area contributed by atoms with Gasteiger partial charge < -0.3 is 16.0 Å². The maximum atomic E-state index is 12.5. The van der Waals surface area contributed by atoms with Crippen molar-refractivity contribution >= 4 is 47.2 Å². The molecular formula is C16H24Cl2N6OS. The van der Waals surface area contributed by atoms with Crippen molar-refractivity contribution in [1.82, 2.24) is 25.0 Å². The number of nitrogens with one attached hydrogen (secondary N) is 1. The van der Waals surface area contributed by atoms with Crippen molar-refractivity contribution < 1.29 is 4.79 Å². The molecule has 0 unspecified atom stereocenters. The highest BCUT2D eigenvalue weighted by Gasteiger charge is 2.23. The molecule has 10 heteroatoms. The molecule has 2 aliphatic rings. The largest absolute Gasteiger partial charge is 0.375 e. The second-order valence-corrected chi connectivity index (χ2v) is 7.48. The van der Waals surface area contributed by atoms with E-state index in [1.807, 2.05) is 4.90 Å². The predicted molar refractivity (Wildman–Crippen MR) is 107 cm³/mol. The quantitative estimate of drug-likeness (QED) is 0.792. The average molecular weight is 419 g/mol. The summed E-state index contributed by atoms with van der Waals surface area (Å²) in [4.78, 5) is 19.9. The van der Waals surface area contributed by atoms with E-state index in [9.17, 15) is 4.79 Å². The lowest BCUT2D eigenvalue weighted by atomic mass is 10.1. The van der Waals surface area contributed by atoms with E-state index in [1.165, 1.54) is 17.0 Å². The number of carbonyl (C=O) groups excluding carboxylic acids is 1. The zero-order valence-electron chi connectivity index (χ0n) is 14.4. The highest BCUT2D eigenvalue weighted by Crippen LogP contribution is 2.26. The number of halogens is 2. The van der Waals surface area contributed by atoms with Gasteiger partial charge in [0.1, 0.15) is 0 Å². The van der Waals surface area contributed by atoms with Crippen LogP contribution in [0.2, 0.25) is 0 Å². The number of nitrogen functional groups attached to an aromatic ring is 1. The standard InChI is InChI=1S/C16H22N6OS.2ClH/c17-16-19-13-4-7-21(10-14(13)24-16)15(23)3-2-11-8-12-9-18-5-1-6-22(12)20-11;;/h8,18H,1-7,9-10H2,(H2,17,19);2*1H. The number of aromatic nitrogens is 3. The van der Waals surface area contributed by atoms with Crippen molar-refractivity contribution in [3.05, 3.63) is 28.0 Å². The fourth-order valence-electron chi connectivity index (χ4n) is 3.36. The van der Waals surface area contributed by atoms with E-state index in [-0.39, 0.29) is 30.7 Å². The Hall–Kier alpha value is -1.35. The fourth-order valence-corrected chi connectivity index (χ4v) is 4.26. The summed E-state index contributed by atoms with van der Waals surface area (Å²) in [7, 11) is 0. The SMILES string of the molecule is Cl.Cl.Nc1nc2c(s1)CN(C(=O)CCc1cc3n(n1)CCCNC3)CC2. The van der Waals surface area contributed by atoms with Crippen molar-refractivity contribution in [2.24, 2.45) is 0 Å². The van der Waals surface area contributed by atoms with Gasteiger partial charge in [-0.15, -0.1) is 36.2 Å². The molecule has 1 amide bonds. The van der Waals surface area contributed by atoms with Gasteiger partial charge in [-0.25, -0.2) is 4.98 Å². The van der Waals surface area contributed by atoms with E-state index in [4.69, 9.17) is 5.73 Å². The summed E-state index contributed by atoms with van der Waals surface area (Å²) < 4.78 is 2.08. The Morgan fingerprint density at radius 2 is 2.19 bits per heavy atom. The van der Waals surface area contributed by atoms with Gasteiger partial charge in [0.15, 0.2) is 5.13 Å². The van der Waals surface area contributed by atoms with Crippen molar-refractivity contribution in [2.45, 2.75) is 45.3 Å². The van der Waals surface area contributed by atoms with Crippen molar-refractivity contribution in [1.29, 1.82) is 0 Å². The minimum absolute atomic E-state index is 0. The lowest BCUT2D eigenvalue weighted by Gasteiger charge is -2.26. The van der Waals surface area contributed by atoms with Crippen molar-refractivity contribution in [2.75, 3.05) is 18.8 Å². The second kappa shape index (κ2) is 9.03. The minimum atomic E-state index is 0. The van der Waals surface area contributed by atoms with Crippen LogP contribution in [0.4, 0.5) is 5.13 Å². The Morgan fingerprint density at radius 1 is 1.35 bits per heavy atom. The third kappa shape index (κ3) is 4.49. The first kappa shape index (κ1) is 21.0. The van der Waals surface area contributed by atoms with Gasteiger partial charge >= 0.3 is 0 Å². The summed E-state index contributed by atoms with van der Waals surface area (Å²) >= 11 is 1.50. The molecule has 4 rings (SSSR count). The third-order valence-electron chi connectivity index (χ3n) is 4.64. The van der Waals surface area contributed by atoms with E-state index in [0.29, 0.717) is 24.5 Å². The molecule has 0 fully saturated rings. The zero-order valence-corrected chi connectivity index (χ0v) is 16.9. The summed E-state index contributed by atoms with van der Waals surface area (Å²) in [5.74, 6) is 0.189. The Labute approximate surface area is 169 Å². The number of thiazole rings is 1. The molecule has 0 aromatic carbocycles. The van der Waals surface area contributed by atoms with Crippen LogP contribution in [-0.4, -0.2) is 38.7 Å².